The third kappa shape index (κ3) is 5.59. The molecule has 4 aromatic rings. The molecule has 0 radical (unpaired) electrons. The largest absolute Gasteiger partial charge is 0.508 e. The SMILES string of the molecule is COc1ccc(C23C(=O)N(Nc4ccc(Cl)cc4Cl)C(=O)C2CC2C(=CCC4C(=O)N(c5ccc(Br)cc5)C(=O)C42)C3c2c(OC)cc(O)cc2OC)cc1. The molecule has 14 heteroatoms. The molecule has 6 atom stereocenters. The van der Waals surface area contributed by atoms with E-state index in [1.165, 1.54) is 44.4 Å². The van der Waals surface area contributed by atoms with E-state index < -0.39 is 46.8 Å². The molecule has 4 aliphatic rings. The summed E-state index contributed by atoms with van der Waals surface area (Å²) in [5.41, 5.74) is 3.61. The molecular weight excluding hydrogens is 813 g/mol. The molecule has 4 amide bonds. The molecule has 4 aromatic carbocycles. The molecule has 2 aliphatic carbocycles. The van der Waals surface area contributed by atoms with Crippen LogP contribution >= 0.6 is 39.1 Å². The maximum absolute atomic E-state index is 15.6. The van der Waals surface area contributed by atoms with Gasteiger partial charge in [-0.2, -0.15) is 5.01 Å². The van der Waals surface area contributed by atoms with Gasteiger partial charge in [-0.15, -0.1) is 0 Å². The standard InChI is InChI=1S/C41H34BrCl2N3O8/c1-53-25-11-4-20(5-12-25)41-29(38(50)47(40(41)52)45-31-15-8-22(43)16-30(31)44)19-28-26(36(41)35-32(54-2)17-24(48)18-33(35)55-3)13-14-27-34(28)39(51)46(37(27)49)23-9-6-21(42)7-10-23/h4-13,15-18,27-29,34,36,45,48H,14,19H2,1-3H3. The Labute approximate surface area is 334 Å². The van der Waals surface area contributed by atoms with Crippen LogP contribution in [0.2, 0.25) is 10.0 Å². The third-order valence-electron chi connectivity index (χ3n) is 11.5. The van der Waals surface area contributed by atoms with Gasteiger partial charge in [-0.3, -0.25) is 29.5 Å². The highest BCUT2D eigenvalue weighted by Crippen LogP contribution is 2.66. The highest BCUT2D eigenvalue weighted by atomic mass is 79.9. The van der Waals surface area contributed by atoms with Gasteiger partial charge < -0.3 is 19.3 Å². The number of ether oxygens (including phenoxy) is 3. The second-order valence-electron chi connectivity index (χ2n) is 14.0. The number of carbonyl (C=O) groups is 4. The van der Waals surface area contributed by atoms with E-state index in [9.17, 15) is 14.7 Å². The van der Waals surface area contributed by atoms with Crippen LogP contribution in [0.5, 0.6) is 23.0 Å². The Bertz CT molecular complexity index is 2280. The van der Waals surface area contributed by atoms with E-state index in [0.717, 1.165) is 9.48 Å². The number of benzene rings is 4. The molecule has 2 aliphatic heterocycles. The number of phenolic OH excluding ortho intramolecular Hbond substituents is 1. The summed E-state index contributed by atoms with van der Waals surface area (Å²) in [4.78, 5) is 60.6. The van der Waals surface area contributed by atoms with Crippen molar-refractivity contribution in [2.75, 3.05) is 31.7 Å². The summed E-state index contributed by atoms with van der Waals surface area (Å²) < 4.78 is 18.1. The normalized spacial score (nSPS) is 25.6. The lowest BCUT2D eigenvalue weighted by atomic mass is 9.49. The third-order valence-corrected chi connectivity index (χ3v) is 12.6. The summed E-state index contributed by atoms with van der Waals surface area (Å²) in [6.07, 6.45) is 2.20. The smallest absolute Gasteiger partial charge is 0.260 e. The van der Waals surface area contributed by atoms with Gasteiger partial charge in [0.1, 0.15) is 23.0 Å². The first-order valence-electron chi connectivity index (χ1n) is 17.5. The van der Waals surface area contributed by atoms with Crippen molar-refractivity contribution in [3.63, 3.8) is 0 Å². The van der Waals surface area contributed by atoms with Gasteiger partial charge in [0.25, 0.3) is 11.8 Å². The number of methoxy groups -OCH3 is 3. The van der Waals surface area contributed by atoms with Crippen LogP contribution in [0.1, 0.15) is 29.9 Å². The number of nitrogens with zero attached hydrogens (tertiary/aromatic N) is 2. The predicted molar refractivity (Wildman–Crippen MR) is 208 cm³/mol. The highest BCUT2D eigenvalue weighted by molar-refractivity contribution is 9.10. The number of nitrogens with one attached hydrogen (secondary N) is 1. The van der Waals surface area contributed by atoms with Gasteiger partial charge in [-0.05, 0) is 78.9 Å². The van der Waals surface area contributed by atoms with Crippen LogP contribution in [0.25, 0.3) is 0 Å². The zero-order chi connectivity index (χ0) is 38.9. The van der Waals surface area contributed by atoms with E-state index in [2.05, 4.69) is 21.4 Å². The van der Waals surface area contributed by atoms with Crippen LogP contribution in [0.4, 0.5) is 11.4 Å². The minimum Gasteiger partial charge on any atom is -0.508 e. The Balaban J connectivity index is 1.38. The van der Waals surface area contributed by atoms with Gasteiger partial charge in [0.05, 0.1) is 60.9 Å². The number of allylic oxidation sites excluding steroid dienone is 2. The quantitative estimate of drug-likeness (QED) is 0.135. The molecule has 2 N–H and O–H groups in total. The number of aromatic hydroxyl groups is 1. The minimum atomic E-state index is -1.67. The molecule has 282 valence electrons. The van der Waals surface area contributed by atoms with Crippen molar-refractivity contribution in [3.8, 4) is 23.0 Å². The van der Waals surface area contributed by atoms with Crippen molar-refractivity contribution in [2.45, 2.75) is 24.2 Å². The molecule has 6 unspecified atom stereocenters. The zero-order valence-corrected chi connectivity index (χ0v) is 32.8. The molecule has 3 fully saturated rings. The highest BCUT2D eigenvalue weighted by Gasteiger charge is 2.71. The van der Waals surface area contributed by atoms with Crippen molar-refractivity contribution in [3.05, 3.63) is 116 Å². The summed E-state index contributed by atoms with van der Waals surface area (Å²) >= 11 is 16.2. The first kappa shape index (κ1) is 36.9. The Morgan fingerprint density at radius 3 is 2.11 bits per heavy atom. The van der Waals surface area contributed by atoms with E-state index in [4.69, 9.17) is 37.4 Å². The van der Waals surface area contributed by atoms with E-state index >= 15 is 9.59 Å². The second-order valence-corrected chi connectivity index (χ2v) is 15.7. The van der Waals surface area contributed by atoms with Crippen molar-refractivity contribution < 1.29 is 38.5 Å². The molecule has 55 heavy (non-hydrogen) atoms. The van der Waals surface area contributed by atoms with Gasteiger partial charge in [-0.1, -0.05) is 62.9 Å². The number of anilines is 2. The maximum Gasteiger partial charge on any atom is 0.260 e. The van der Waals surface area contributed by atoms with Crippen LogP contribution in [0, 0.1) is 23.7 Å². The first-order chi connectivity index (χ1) is 26.4. The maximum atomic E-state index is 15.6. The predicted octanol–water partition coefficient (Wildman–Crippen LogP) is 7.68. The first-order valence-corrected chi connectivity index (χ1v) is 19.0. The number of imide groups is 2. The van der Waals surface area contributed by atoms with Crippen LogP contribution in [-0.2, 0) is 24.6 Å². The van der Waals surface area contributed by atoms with E-state index in [1.54, 1.807) is 60.7 Å². The molecule has 0 bridgehead atoms. The summed E-state index contributed by atoms with van der Waals surface area (Å²) in [6, 6.07) is 21.4. The summed E-state index contributed by atoms with van der Waals surface area (Å²) in [7, 11) is 4.41. The van der Waals surface area contributed by atoms with Gasteiger partial charge >= 0.3 is 0 Å². The second kappa shape index (κ2) is 13.9. The lowest BCUT2D eigenvalue weighted by molar-refractivity contribution is -0.138. The lowest BCUT2D eigenvalue weighted by Crippen LogP contribution is -2.53. The molecule has 8 rings (SSSR count). The van der Waals surface area contributed by atoms with Crippen LogP contribution in [0.3, 0.4) is 0 Å². The summed E-state index contributed by atoms with van der Waals surface area (Å²) in [6.45, 7) is 0. The fourth-order valence-electron chi connectivity index (χ4n) is 9.21. The molecule has 1 saturated carbocycles. The van der Waals surface area contributed by atoms with Crippen molar-refractivity contribution in [2.24, 2.45) is 23.7 Å². The zero-order valence-electron chi connectivity index (χ0n) is 29.7. The van der Waals surface area contributed by atoms with Crippen LogP contribution < -0.4 is 24.5 Å². The monoisotopic (exact) mass is 845 g/mol. The van der Waals surface area contributed by atoms with Crippen LogP contribution in [-0.4, -0.2) is 55.1 Å². The summed E-state index contributed by atoms with van der Waals surface area (Å²) in [5.74, 6) is -5.33. The lowest BCUT2D eigenvalue weighted by Gasteiger charge is -2.51. The molecule has 11 nitrogen and oxygen atoms in total. The van der Waals surface area contributed by atoms with E-state index in [0.29, 0.717) is 33.2 Å². The molecule has 2 saturated heterocycles. The molecule has 0 spiro atoms. The van der Waals surface area contributed by atoms with Crippen molar-refractivity contribution in [1.29, 1.82) is 0 Å². The average Bonchev–Trinajstić information content (AvgIpc) is 3.56. The average molecular weight is 848 g/mol. The molecule has 0 aromatic heterocycles. The number of hydrazine groups is 1. The van der Waals surface area contributed by atoms with Gasteiger partial charge in [0, 0.05) is 33.1 Å². The number of carbonyl (C=O) groups excluding carboxylic acids is 4. The number of rotatable bonds is 8. The number of fused-ring (bicyclic) bond motifs is 4. The van der Waals surface area contributed by atoms with E-state index in [-0.39, 0.29) is 52.6 Å². The topological polar surface area (TPSA) is 135 Å². The van der Waals surface area contributed by atoms with Crippen molar-refractivity contribution in [1.82, 2.24) is 5.01 Å². The fraction of sp³-hybridized carbons (Fsp3) is 0.268. The van der Waals surface area contributed by atoms with Gasteiger partial charge in [0.15, 0.2) is 0 Å². The summed E-state index contributed by atoms with van der Waals surface area (Å²) in [5, 5.41) is 12.3. The van der Waals surface area contributed by atoms with Gasteiger partial charge in [0.2, 0.25) is 11.8 Å². The molecular formula is C41H34BrCl2N3O8. The number of halogens is 3. The number of hydrogen-bond acceptors (Lipinski definition) is 9. The number of amides is 4. The number of phenols is 1. The van der Waals surface area contributed by atoms with Crippen molar-refractivity contribution >= 4 is 74.1 Å². The Kier molecular flexibility index (Phi) is 9.34. The molecule has 2 heterocycles. The van der Waals surface area contributed by atoms with Crippen LogP contribution in [0.15, 0.2) is 95.0 Å². The Morgan fingerprint density at radius 2 is 1.49 bits per heavy atom. The Hall–Kier alpha value is -5.04. The number of hydrogen-bond donors (Lipinski definition) is 2. The van der Waals surface area contributed by atoms with Gasteiger partial charge in [-0.25, -0.2) is 0 Å². The fourth-order valence-corrected chi connectivity index (χ4v) is 9.93. The Morgan fingerprint density at radius 1 is 0.818 bits per heavy atom. The minimum absolute atomic E-state index is 0.0581. The van der Waals surface area contributed by atoms with E-state index in [1.807, 2.05) is 6.08 Å².